The fourth-order valence-electron chi connectivity index (χ4n) is 1.49. The SMILES string of the molecule is Cc1cccc(Oc2ccncc2CN)c1F. The van der Waals surface area contributed by atoms with Gasteiger partial charge in [-0.25, -0.2) is 4.39 Å². The lowest BCUT2D eigenvalue weighted by atomic mass is 10.2. The first-order chi connectivity index (χ1) is 8.22. The van der Waals surface area contributed by atoms with Crippen molar-refractivity contribution in [3.8, 4) is 11.5 Å². The molecule has 3 nitrogen and oxygen atoms in total. The molecule has 0 atom stereocenters. The van der Waals surface area contributed by atoms with Gasteiger partial charge in [0.2, 0.25) is 0 Å². The van der Waals surface area contributed by atoms with Crippen LogP contribution in [0.15, 0.2) is 36.7 Å². The molecular weight excluding hydrogens is 219 g/mol. The maximum atomic E-state index is 13.8. The molecule has 1 aromatic carbocycles. The van der Waals surface area contributed by atoms with E-state index in [-0.39, 0.29) is 11.6 Å². The van der Waals surface area contributed by atoms with E-state index in [2.05, 4.69) is 4.98 Å². The quantitative estimate of drug-likeness (QED) is 0.885. The van der Waals surface area contributed by atoms with Crippen LogP contribution in [-0.2, 0) is 6.54 Å². The molecule has 2 aromatic rings. The van der Waals surface area contributed by atoms with Crippen LogP contribution >= 0.6 is 0 Å². The van der Waals surface area contributed by atoms with Gasteiger partial charge in [-0.2, -0.15) is 0 Å². The summed E-state index contributed by atoms with van der Waals surface area (Å²) >= 11 is 0. The van der Waals surface area contributed by atoms with Crippen LogP contribution in [0, 0.1) is 12.7 Å². The first-order valence-corrected chi connectivity index (χ1v) is 5.28. The summed E-state index contributed by atoms with van der Waals surface area (Å²) in [5, 5.41) is 0. The maximum absolute atomic E-state index is 13.8. The van der Waals surface area contributed by atoms with Crippen LogP contribution in [0.1, 0.15) is 11.1 Å². The molecule has 0 bridgehead atoms. The van der Waals surface area contributed by atoms with Crippen molar-refractivity contribution in [1.82, 2.24) is 4.98 Å². The average molecular weight is 232 g/mol. The summed E-state index contributed by atoms with van der Waals surface area (Å²) in [7, 11) is 0. The lowest BCUT2D eigenvalue weighted by Gasteiger charge is -2.10. The minimum Gasteiger partial charge on any atom is -0.454 e. The summed E-state index contributed by atoms with van der Waals surface area (Å²) < 4.78 is 19.3. The molecular formula is C13H13FN2O. The molecule has 0 amide bonds. The van der Waals surface area contributed by atoms with Crippen molar-refractivity contribution in [3.05, 3.63) is 53.6 Å². The number of rotatable bonds is 3. The van der Waals surface area contributed by atoms with Gasteiger partial charge in [-0.15, -0.1) is 0 Å². The Morgan fingerprint density at radius 2 is 2.12 bits per heavy atom. The molecule has 0 aliphatic rings. The highest BCUT2D eigenvalue weighted by Crippen LogP contribution is 2.27. The largest absolute Gasteiger partial charge is 0.454 e. The van der Waals surface area contributed by atoms with E-state index in [4.69, 9.17) is 10.5 Å². The van der Waals surface area contributed by atoms with Gasteiger partial charge in [-0.05, 0) is 24.6 Å². The summed E-state index contributed by atoms with van der Waals surface area (Å²) in [6.45, 7) is 2.00. The van der Waals surface area contributed by atoms with Crippen LogP contribution in [0.2, 0.25) is 0 Å². The molecule has 0 aliphatic heterocycles. The van der Waals surface area contributed by atoms with Gasteiger partial charge in [0.15, 0.2) is 11.6 Å². The Hall–Kier alpha value is -1.94. The monoisotopic (exact) mass is 232 g/mol. The zero-order chi connectivity index (χ0) is 12.3. The second kappa shape index (κ2) is 4.93. The molecule has 1 heterocycles. The molecule has 0 unspecified atom stereocenters. The Balaban J connectivity index is 2.35. The van der Waals surface area contributed by atoms with Crippen LogP contribution in [-0.4, -0.2) is 4.98 Å². The van der Waals surface area contributed by atoms with Crippen molar-refractivity contribution in [2.45, 2.75) is 13.5 Å². The third-order valence-electron chi connectivity index (χ3n) is 2.46. The fraction of sp³-hybridized carbons (Fsp3) is 0.154. The number of aryl methyl sites for hydroxylation is 1. The predicted molar refractivity (Wildman–Crippen MR) is 63.3 cm³/mol. The van der Waals surface area contributed by atoms with Gasteiger partial charge < -0.3 is 10.5 Å². The highest BCUT2D eigenvalue weighted by atomic mass is 19.1. The lowest BCUT2D eigenvalue weighted by molar-refractivity contribution is 0.435. The Morgan fingerprint density at radius 3 is 2.88 bits per heavy atom. The van der Waals surface area contributed by atoms with E-state index < -0.39 is 0 Å². The highest BCUT2D eigenvalue weighted by Gasteiger charge is 2.09. The van der Waals surface area contributed by atoms with E-state index in [9.17, 15) is 4.39 Å². The standard InChI is InChI=1S/C13H13FN2O/c1-9-3-2-4-12(13(9)14)17-11-5-6-16-8-10(11)7-15/h2-6,8H,7,15H2,1H3. The summed E-state index contributed by atoms with van der Waals surface area (Å²) in [6, 6.07) is 6.70. The smallest absolute Gasteiger partial charge is 0.168 e. The van der Waals surface area contributed by atoms with E-state index in [1.165, 1.54) is 0 Å². The predicted octanol–water partition coefficient (Wildman–Crippen LogP) is 2.78. The van der Waals surface area contributed by atoms with E-state index >= 15 is 0 Å². The molecule has 4 heteroatoms. The van der Waals surface area contributed by atoms with Gasteiger partial charge in [0, 0.05) is 24.5 Å². The van der Waals surface area contributed by atoms with Crippen molar-refractivity contribution in [2.75, 3.05) is 0 Å². The molecule has 88 valence electrons. The first-order valence-electron chi connectivity index (χ1n) is 5.28. The van der Waals surface area contributed by atoms with Gasteiger partial charge in [-0.3, -0.25) is 4.98 Å². The number of hydrogen-bond donors (Lipinski definition) is 1. The number of benzene rings is 1. The minimum absolute atomic E-state index is 0.200. The number of aromatic nitrogens is 1. The third-order valence-corrected chi connectivity index (χ3v) is 2.46. The zero-order valence-corrected chi connectivity index (χ0v) is 9.48. The van der Waals surface area contributed by atoms with Crippen molar-refractivity contribution in [2.24, 2.45) is 5.73 Å². The number of hydrogen-bond acceptors (Lipinski definition) is 3. The third kappa shape index (κ3) is 2.42. The summed E-state index contributed by atoms with van der Waals surface area (Å²) in [5.41, 5.74) is 6.85. The Morgan fingerprint density at radius 1 is 1.29 bits per heavy atom. The van der Waals surface area contributed by atoms with Gasteiger partial charge in [0.1, 0.15) is 5.75 Å². The van der Waals surface area contributed by atoms with Crippen LogP contribution in [0.3, 0.4) is 0 Å². The molecule has 2 rings (SSSR count). The van der Waals surface area contributed by atoms with Gasteiger partial charge in [0.25, 0.3) is 0 Å². The molecule has 17 heavy (non-hydrogen) atoms. The molecule has 0 saturated carbocycles. The second-order valence-corrected chi connectivity index (χ2v) is 3.68. The van der Waals surface area contributed by atoms with E-state index in [0.717, 1.165) is 5.56 Å². The van der Waals surface area contributed by atoms with Crippen LogP contribution in [0.4, 0.5) is 4.39 Å². The van der Waals surface area contributed by atoms with Crippen molar-refractivity contribution in [3.63, 3.8) is 0 Å². The molecule has 0 aliphatic carbocycles. The van der Waals surface area contributed by atoms with E-state index in [1.54, 1.807) is 43.6 Å². The van der Waals surface area contributed by atoms with Gasteiger partial charge in [0.05, 0.1) is 0 Å². The van der Waals surface area contributed by atoms with Crippen LogP contribution < -0.4 is 10.5 Å². The molecule has 0 saturated heterocycles. The van der Waals surface area contributed by atoms with Crippen molar-refractivity contribution >= 4 is 0 Å². The topological polar surface area (TPSA) is 48.1 Å². The second-order valence-electron chi connectivity index (χ2n) is 3.68. The normalized spacial score (nSPS) is 10.3. The Labute approximate surface area is 99.1 Å². The molecule has 0 spiro atoms. The fourth-order valence-corrected chi connectivity index (χ4v) is 1.49. The Kier molecular flexibility index (Phi) is 3.35. The van der Waals surface area contributed by atoms with Gasteiger partial charge >= 0.3 is 0 Å². The lowest BCUT2D eigenvalue weighted by Crippen LogP contribution is -2.00. The van der Waals surface area contributed by atoms with Gasteiger partial charge in [-0.1, -0.05) is 12.1 Å². The molecule has 1 aromatic heterocycles. The summed E-state index contributed by atoms with van der Waals surface area (Å²) in [6.07, 6.45) is 3.20. The number of nitrogens with two attached hydrogens (primary N) is 1. The molecule has 2 N–H and O–H groups in total. The first kappa shape index (κ1) is 11.5. The summed E-state index contributed by atoms with van der Waals surface area (Å²) in [4.78, 5) is 3.94. The Bertz CT molecular complexity index is 529. The van der Waals surface area contributed by atoms with Crippen molar-refractivity contribution in [1.29, 1.82) is 0 Å². The zero-order valence-electron chi connectivity index (χ0n) is 9.48. The minimum atomic E-state index is -0.354. The number of nitrogens with zero attached hydrogens (tertiary/aromatic N) is 1. The van der Waals surface area contributed by atoms with Crippen molar-refractivity contribution < 1.29 is 9.13 Å². The van der Waals surface area contributed by atoms with Crippen LogP contribution in [0.5, 0.6) is 11.5 Å². The number of halogens is 1. The highest BCUT2D eigenvalue weighted by molar-refractivity contribution is 5.38. The average Bonchev–Trinajstić information content (AvgIpc) is 2.35. The van der Waals surface area contributed by atoms with Crippen LogP contribution in [0.25, 0.3) is 0 Å². The molecule has 0 radical (unpaired) electrons. The molecule has 0 fully saturated rings. The number of pyridine rings is 1. The van der Waals surface area contributed by atoms with E-state index in [0.29, 0.717) is 17.9 Å². The summed E-state index contributed by atoms with van der Waals surface area (Å²) in [5.74, 6) is 0.380. The van der Waals surface area contributed by atoms with E-state index in [1.807, 2.05) is 0 Å². The maximum Gasteiger partial charge on any atom is 0.168 e. The number of ether oxygens (including phenoxy) is 1.